The highest BCUT2D eigenvalue weighted by Gasteiger charge is 2.24. The summed E-state index contributed by atoms with van der Waals surface area (Å²) in [5.41, 5.74) is 9.22. The molecule has 3 heterocycles. The zero-order valence-corrected chi connectivity index (χ0v) is 22.1. The van der Waals surface area contributed by atoms with Gasteiger partial charge in [0, 0.05) is 59.0 Å². The van der Waals surface area contributed by atoms with Gasteiger partial charge >= 0.3 is 0 Å². The normalized spacial score (nSPS) is 13.6. The average Bonchev–Trinajstić information content (AvgIpc) is 3.63. The number of nitrogens with zero attached hydrogens (tertiary/aromatic N) is 2. The summed E-state index contributed by atoms with van der Waals surface area (Å²) in [5.74, 6) is 0. The highest BCUT2D eigenvalue weighted by Crippen LogP contribution is 2.43. The van der Waals surface area contributed by atoms with Crippen LogP contribution in [0.5, 0.6) is 0 Å². The van der Waals surface area contributed by atoms with E-state index in [1.807, 2.05) is 11.3 Å². The van der Waals surface area contributed by atoms with E-state index in [-0.39, 0.29) is 0 Å². The molecular formula is C36H24N2S. The van der Waals surface area contributed by atoms with Crippen molar-refractivity contribution in [3.8, 4) is 5.69 Å². The Morgan fingerprint density at radius 2 is 1.18 bits per heavy atom. The molecule has 3 aromatic heterocycles. The Labute approximate surface area is 229 Å². The highest BCUT2D eigenvalue weighted by molar-refractivity contribution is 7.25. The zero-order chi connectivity index (χ0) is 25.5. The van der Waals surface area contributed by atoms with E-state index >= 15 is 0 Å². The molecule has 0 spiro atoms. The van der Waals surface area contributed by atoms with Crippen LogP contribution in [0.15, 0.2) is 115 Å². The Morgan fingerprint density at radius 3 is 2.03 bits per heavy atom. The predicted molar refractivity (Wildman–Crippen MR) is 168 cm³/mol. The zero-order valence-electron chi connectivity index (χ0n) is 21.3. The van der Waals surface area contributed by atoms with Gasteiger partial charge in [-0.1, -0.05) is 72.8 Å². The summed E-state index contributed by atoms with van der Waals surface area (Å²) in [4.78, 5) is 0. The van der Waals surface area contributed by atoms with Crippen LogP contribution in [0.25, 0.3) is 70.3 Å². The summed E-state index contributed by atoms with van der Waals surface area (Å²) in [5, 5.41) is 6.69. The third-order valence-corrected chi connectivity index (χ3v) is 9.55. The second-order valence-electron chi connectivity index (χ2n) is 10.5. The number of aromatic nitrogens is 2. The monoisotopic (exact) mass is 516 g/mol. The van der Waals surface area contributed by atoms with E-state index in [2.05, 4.69) is 130 Å². The smallest absolute Gasteiger partial charge is 0.0552 e. The van der Waals surface area contributed by atoms with Crippen LogP contribution in [0.3, 0.4) is 0 Å². The van der Waals surface area contributed by atoms with Gasteiger partial charge in [0.15, 0.2) is 0 Å². The van der Waals surface area contributed by atoms with Crippen molar-refractivity contribution in [2.75, 3.05) is 0 Å². The molecule has 39 heavy (non-hydrogen) atoms. The number of para-hydroxylation sites is 3. The third-order valence-electron chi connectivity index (χ3n) is 8.42. The van der Waals surface area contributed by atoms with Gasteiger partial charge in [0.05, 0.1) is 16.6 Å². The topological polar surface area (TPSA) is 9.86 Å². The van der Waals surface area contributed by atoms with Crippen LogP contribution in [-0.2, 0) is 6.42 Å². The summed E-state index contributed by atoms with van der Waals surface area (Å²) < 4.78 is 7.70. The van der Waals surface area contributed by atoms with Crippen LogP contribution in [0, 0.1) is 0 Å². The van der Waals surface area contributed by atoms with E-state index < -0.39 is 0 Å². The van der Waals surface area contributed by atoms with Crippen LogP contribution in [0.1, 0.15) is 17.7 Å². The van der Waals surface area contributed by atoms with Gasteiger partial charge in [-0.15, -0.1) is 11.3 Å². The van der Waals surface area contributed by atoms with Crippen LogP contribution in [0.4, 0.5) is 0 Å². The number of hydrogen-bond acceptors (Lipinski definition) is 1. The fourth-order valence-corrected chi connectivity index (χ4v) is 7.88. The van der Waals surface area contributed by atoms with E-state index in [0.29, 0.717) is 0 Å². The lowest BCUT2D eigenvalue weighted by Crippen LogP contribution is -2.08. The van der Waals surface area contributed by atoms with Gasteiger partial charge in [-0.2, -0.15) is 0 Å². The van der Waals surface area contributed by atoms with E-state index in [1.165, 1.54) is 75.5 Å². The molecule has 0 saturated carbocycles. The van der Waals surface area contributed by atoms with Gasteiger partial charge < -0.3 is 9.13 Å². The second-order valence-corrected chi connectivity index (χ2v) is 11.6. The van der Waals surface area contributed by atoms with Gasteiger partial charge in [0.2, 0.25) is 0 Å². The number of allylic oxidation sites excluding steroid dienone is 1. The van der Waals surface area contributed by atoms with Crippen molar-refractivity contribution in [2.45, 2.75) is 12.8 Å². The molecule has 0 aliphatic heterocycles. The van der Waals surface area contributed by atoms with Crippen molar-refractivity contribution in [2.24, 2.45) is 0 Å². The largest absolute Gasteiger partial charge is 0.313 e. The SMILES string of the molecule is C1=C(n2c3ccccc3c3cc4c(cc32)sc2ccccc24)CCc2c1c1ccccc1n2-c1ccccc1. The molecule has 5 aromatic carbocycles. The molecule has 184 valence electrons. The minimum Gasteiger partial charge on any atom is -0.313 e. The summed E-state index contributed by atoms with van der Waals surface area (Å²) in [6.07, 6.45) is 4.46. The minimum atomic E-state index is 0.994. The Morgan fingerprint density at radius 1 is 0.487 bits per heavy atom. The Bertz CT molecular complexity index is 2270. The van der Waals surface area contributed by atoms with Crippen LogP contribution in [-0.4, -0.2) is 9.13 Å². The fraction of sp³-hybridized carbons (Fsp3) is 0.0556. The van der Waals surface area contributed by atoms with Crippen molar-refractivity contribution in [1.29, 1.82) is 0 Å². The lowest BCUT2D eigenvalue weighted by atomic mass is 9.99. The molecule has 0 fully saturated rings. The molecule has 1 aliphatic rings. The van der Waals surface area contributed by atoms with Gasteiger partial charge in [-0.05, 0) is 61.4 Å². The fourth-order valence-electron chi connectivity index (χ4n) is 6.76. The maximum absolute atomic E-state index is 2.53. The molecule has 1 aliphatic carbocycles. The van der Waals surface area contributed by atoms with Crippen molar-refractivity contribution in [3.05, 3.63) is 127 Å². The van der Waals surface area contributed by atoms with Gasteiger partial charge in [0.25, 0.3) is 0 Å². The highest BCUT2D eigenvalue weighted by atomic mass is 32.1. The first-order valence-corrected chi connectivity index (χ1v) is 14.4. The summed E-state index contributed by atoms with van der Waals surface area (Å²) in [6.45, 7) is 0. The van der Waals surface area contributed by atoms with E-state index in [0.717, 1.165) is 12.8 Å². The minimum absolute atomic E-state index is 0.994. The summed E-state index contributed by atoms with van der Waals surface area (Å²) in [7, 11) is 0. The van der Waals surface area contributed by atoms with Gasteiger partial charge in [-0.25, -0.2) is 0 Å². The first-order valence-electron chi connectivity index (χ1n) is 13.6. The van der Waals surface area contributed by atoms with Crippen LogP contribution < -0.4 is 0 Å². The van der Waals surface area contributed by atoms with Gasteiger partial charge in [-0.3, -0.25) is 0 Å². The van der Waals surface area contributed by atoms with E-state index in [9.17, 15) is 0 Å². The first-order chi connectivity index (χ1) is 19.3. The van der Waals surface area contributed by atoms with E-state index in [4.69, 9.17) is 0 Å². The number of fused-ring (bicyclic) bond motifs is 9. The number of rotatable bonds is 2. The first kappa shape index (κ1) is 21.3. The molecule has 0 radical (unpaired) electrons. The maximum Gasteiger partial charge on any atom is 0.0552 e. The second kappa shape index (κ2) is 7.95. The summed E-state index contributed by atoms with van der Waals surface area (Å²) >= 11 is 1.90. The Hall–Kier alpha value is -4.60. The number of hydrogen-bond donors (Lipinski definition) is 0. The molecule has 0 amide bonds. The Balaban J connectivity index is 1.35. The summed E-state index contributed by atoms with van der Waals surface area (Å²) in [6, 6.07) is 42.2. The molecule has 0 N–H and O–H groups in total. The molecular weight excluding hydrogens is 492 g/mol. The van der Waals surface area contributed by atoms with Crippen molar-refractivity contribution in [1.82, 2.24) is 9.13 Å². The average molecular weight is 517 g/mol. The van der Waals surface area contributed by atoms with Crippen molar-refractivity contribution < 1.29 is 0 Å². The quantitative estimate of drug-likeness (QED) is 0.216. The van der Waals surface area contributed by atoms with Crippen LogP contribution >= 0.6 is 11.3 Å². The van der Waals surface area contributed by atoms with E-state index in [1.54, 1.807) is 0 Å². The Kier molecular flexibility index (Phi) is 4.35. The van der Waals surface area contributed by atoms with Crippen LogP contribution in [0.2, 0.25) is 0 Å². The molecule has 0 bridgehead atoms. The molecule has 8 aromatic rings. The molecule has 0 saturated heterocycles. The molecule has 0 atom stereocenters. The molecule has 2 nitrogen and oxygen atoms in total. The van der Waals surface area contributed by atoms with Crippen molar-refractivity contribution >= 4 is 76.0 Å². The predicted octanol–water partition coefficient (Wildman–Crippen LogP) is 10.1. The maximum atomic E-state index is 2.53. The van der Waals surface area contributed by atoms with Gasteiger partial charge in [0.1, 0.15) is 0 Å². The number of benzene rings is 5. The lowest BCUT2D eigenvalue weighted by molar-refractivity contribution is 0.873. The lowest BCUT2D eigenvalue weighted by Gasteiger charge is -2.20. The molecule has 9 rings (SSSR count). The van der Waals surface area contributed by atoms with Crippen molar-refractivity contribution in [3.63, 3.8) is 0 Å². The molecule has 3 heteroatoms. The third kappa shape index (κ3) is 2.96. The molecule has 0 unspecified atom stereocenters. The standard InChI is InChI=1S/C36H24N2S/c1-2-10-23(11-3-1)37-31-15-7-4-12-25(31)28-20-24(18-19-33(28)37)38-32-16-8-5-13-26(32)29-21-30-27-14-6-9-17-35(27)39-36(30)22-34(29)38/h1-17,20-22H,18-19H2. The number of thiophene rings is 1.